The number of alkyl halides is 3. The highest BCUT2D eigenvalue weighted by atomic mass is 32.2. The van der Waals surface area contributed by atoms with E-state index in [-0.39, 0.29) is 63.9 Å². The highest BCUT2D eigenvalue weighted by Gasteiger charge is 2.49. The van der Waals surface area contributed by atoms with Crippen LogP contribution >= 0.6 is 0 Å². The molecular weight excluding hydrogens is 497 g/mol. The second kappa shape index (κ2) is 11.9. The number of carbonyl (C=O) groups is 1. The molecule has 1 aliphatic heterocycles. The summed E-state index contributed by atoms with van der Waals surface area (Å²) >= 11 is 0. The molecule has 6 unspecified atom stereocenters. The average molecular weight is 539 g/mol. The summed E-state index contributed by atoms with van der Waals surface area (Å²) in [4.78, 5) is 12.8. The number of nitrogens with zero attached hydrogens (tertiary/aromatic N) is 1. The molecule has 36 heavy (non-hydrogen) atoms. The van der Waals surface area contributed by atoms with E-state index >= 15 is 0 Å². The number of halogens is 3. The van der Waals surface area contributed by atoms with Crippen LogP contribution in [0.3, 0.4) is 0 Å². The van der Waals surface area contributed by atoms with E-state index < -0.39 is 63.8 Å². The fourth-order valence-electron chi connectivity index (χ4n) is 6.25. The second-order valence-electron chi connectivity index (χ2n) is 11.2. The number of rotatable bonds is 7. The van der Waals surface area contributed by atoms with Gasteiger partial charge in [0.2, 0.25) is 15.9 Å². The number of fused-ring (bicyclic) bond motifs is 1. The molecule has 1 saturated heterocycles. The van der Waals surface area contributed by atoms with Crippen LogP contribution in [0.15, 0.2) is 0 Å². The van der Waals surface area contributed by atoms with Gasteiger partial charge < -0.3 is 14.8 Å². The predicted octanol–water partition coefficient (Wildman–Crippen LogP) is 3.60. The number of hydrogen-bond donors (Lipinski definition) is 1. The summed E-state index contributed by atoms with van der Waals surface area (Å²) in [5.41, 5.74) is 0. The van der Waals surface area contributed by atoms with Gasteiger partial charge >= 0.3 is 0 Å². The molecule has 4 aliphatic rings. The first kappa shape index (κ1) is 28.1. The Morgan fingerprint density at radius 1 is 1.03 bits per heavy atom. The highest BCUT2D eigenvalue weighted by molar-refractivity contribution is 7.89. The van der Waals surface area contributed by atoms with Gasteiger partial charge in [-0.15, -0.1) is 0 Å². The molecule has 4 fully saturated rings. The summed E-state index contributed by atoms with van der Waals surface area (Å²) in [6, 6.07) is -0.896. The van der Waals surface area contributed by atoms with E-state index in [0.29, 0.717) is 25.7 Å². The molecule has 1 heterocycles. The van der Waals surface area contributed by atoms with Crippen LogP contribution in [0.4, 0.5) is 13.2 Å². The Morgan fingerprint density at radius 3 is 2.33 bits per heavy atom. The van der Waals surface area contributed by atoms with Gasteiger partial charge in [0, 0.05) is 12.6 Å². The summed E-state index contributed by atoms with van der Waals surface area (Å²) in [5, 5.41) is 2.17. The van der Waals surface area contributed by atoms with Gasteiger partial charge in [-0.05, 0) is 78.1 Å². The van der Waals surface area contributed by atoms with Crippen molar-refractivity contribution >= 4 is 15.9 Å². The Balaban J connectivity index is 1.48. The fraction of sp³-hybridized carbons (Fsp3) is 0.960. The van der Waals surface area contributed by atoms with Crippen molar-refractivity contribution in [1.82, 2.24) is 9.62 Å². The van der Waals surface area contributed by atoms with E-state index in [1.165, 1.54) is 4.31 Å². The number of amides is 1. The van der Waals surface area contributed by atoms with Crippen molar-refractivity contribution in [3.63, 3.8) is 0 Å². The molecule has 0 spiro atoms. The lowest BCUT2D eigenvalue weighted by Crippen LogP contribution is -2.63. The van der Waals surface area contributed by atoms with Crippen molar-refractivity contribution in [3.05, 3.63) is 0 Å². The van der Waals surface area contributed by atoms with E-state index in [4.69, 9.17) is 9.47 Å². The molecule has 7 nitrogen and oxygen atoms in total. The van der Waals surface area contributed by atoms with Crippen molar-refractivity contribution in [1.29, 1.82) is 0 Å². The quantitative estimate of drug-likeness (QED) is 0.536. The summed E-state index contributed by atoms with van der Waals surface area (Å²) in [5.74, 6) is -1.94. The van der Waals surface area contributed by atoms with Gasteiger partial charge in [0.1, 0.15) is 24.4 Å². The first-order valence-electron chi connectivity index (χ1n) is 13.6. The molecule has 4 rings (SSSR count). The van der Waals surface area contributed by atoms with E-state index in [0.717, 1.165) is 0 Å². The third-order valence-corrected chi connectivity index (χ3v) is 10.6. The van der Waals surface area contributed by atoms with Crippen molar-refractivity contribution in [2.24, 2.45) is 5.92 Å². The van der Waals surface area contributed by atoms with Gasteiger partial charge in [-0.25, -0.2) is 21.6 Å². The summed E-state index contributed by atoms with van der Waals surface area (Å²) in [6.07, 6.45) is -1.63. The number of nitrogens with one attached hydrogen (secondary N) is 1. The number of ether oxygens (including phenoxy) is 2. The summed E-state index contributed by atoms with van der Waals surface area (Å²) < 4.78 is 83.4. The molecule has 1 N–H and O–H groups in total. The smallest absolute Gasteiger partial charge is 0.229 e. The van der Waals surface area contributed by atoms with Crippen LogP contribution in [0.2, 0.25) is 0 Å². The highest BCUT2D eigenvalue weighted by Crippen LogP contribution is 2.37. The lowest BCUT2D eigenvalue weighted by atomic mass is 9.83. The third kappa shape index (κ3) is 6.38. The number of morpholine rings is 1. The Hall–Kier alpha value is -0.910. The zero-order chi connectivity index (χ0) is 26.0. The van der Waals surface area contributed by atoms with E-state index in [1.807, 2.05) is 13.8 Å². The molecule has 0 aromatic carbocycles. The van der Waals surface area contributed by atoms with Crippen molar-refractivity contribution in [2.45, 2.75) is 132 Å². The maximum Gasteiger partial charge on any atom is 0.229 e. The molecule has 208 valence electrons. The number of hydrogen-bond acceptors (Lipinski definition) is 5. The number of sulfonamides is 1. The van der Waals surface area contributed by atoms with Gasteiger partial charge in [-0.3, -0.25) is 4.79 Å². The lowest BCUT2D eigenvalue weighted by Gasteiger charge is -2.49. The van der Waals surface area contributed by atoms with E-state index in [9.17, 15) is 26.4 Å². The maximum absolute atomic E-state index is 14.3. The largest absolute Gasteiger partial charge is 0.376 e. The Kier molecular flexibility index (Phi) is 9.26. The minimum absolute atomic E-state index is 0.0272. The van der Waals surface area contributed by atoms with Crippen molar-refractivity contribution in [2.75, 3.05) is 13.2 Å². The standard InChI is InChI=1S/C25H41F3N2O5S/c1-15(2)34-14-18-13-30(36(32,33)19-9-6-16(26)7-10-19)22-12-17(8-11-23(22)35-18)29-25(31)24-20(27)4-3-5-21(24)28/h15-24H,3-14H2,1-2H3,(H,29,31). The molecule has 3 aliphatic carbocycles. The van der Waals surface area contributed by atoms with Crippen LogP contribution in [0.5, 0.6) is 0 Å². The van der Waals surface area contributed by atoms with Gasteiger partial charge in [0.15, 0.2) is 0 Å². The average Bonchev–Trinajstić information content (AvgIpc) is 2.82. The molecule has 0 bridgehead atoms. The normalized spacial score (nSPS) is 40.6. The number of carbonyl (C=O) groups excluding carboxylic acids is 1. The monoisotopic (exact) mass is 538 g/mol. The maximum atomic E-state index is 14.3. The zero-order valence-corrected chi connectivity index (χ0v) is 22.1. The molecule has 0 aromatic heterocycles. The molecule has 3 saturated carbocycles. The Morgan fingerprint density at radius 2 is 1.69 bits per heavy atom. The zero-order valence-electron chi connectivity index (χ0n) is 21.3. The minimum Gasteiger partial charge on any atom is -0.376 e. The van der Waals surface area contributed by atoms with Crippen LogP contribution in [-0.2, 0) is 24.3 Å². The van der Waals surface area contributed by atoms with Crippen LogP contribution in [0.25, 0.3) is 0 Å². The van der Waals surface area contributed by atoms with Gasteiger partial charge in [-0.2, -0.15) is 4.31 Å². The first-order valence-corrected chi connectivity index (χ1v) is 15.1. The third-order valence-electron chi connectivity index (χ3n) is 8.23. The van der Waals surface area contributed by atoms with Gasteiger partial charge in [0.05, 0.1) is 36.2 Å². The molecule has 1 amide bonds. The summed E-state index contributed by atoms with van der Waals surface area (Å²) in [6.45, 7) is 4.20. The van der Waals surface area contributed by atoms with Crippen LogP contribution < -0.4 is 5.32 Å². The van der Waals surface area contributed by atoms with Gasteiger partial charge in [0.25, 0.3) is 0 Å². The minimum atomic E-state index is -3.74. The lowest BCUT2D eigenvalue weighted by molar-refractivity contribution is -0.143. The van der Waals surface area contributed by atoms with E-state index in [1.54, 1.807) is 0 Å². The molecule has 0 radical (unpaired) electrons. The fourth-order valence-corrected chi connectivity index (χ4v) is 8.48. The van der Waals surface area contributed by atoms with Crippen LogP contribution in [-0.4, -0.2) is 85.9 Å². The molecule has 0 aromatic rings. The second-order valence-corrected chi connectivity index (χ2v) is 13.4. The predicted molar refractivity (Wildman–Crippen MR) is 129 cm³/mol. The van der Waals surface area contributed by atoms with Gasteiger partial charge in [-0.1, -0.05) is 0 Å². The van der Waals surface area contributed by atoms with Crippen LogP contribution in [0.1, 0.15) is 78.1 Å². The van der Waals surface area contributed by atoms with Crippen molar-refractivity contribution < 1.29 is 35.9 Å². The SMILES string of the molecule is CC(C)OCC1CN(S(=O)(=O)C2CCC(F)CC2)C2CC(NC(=O)C3C(F)CCCC3F)CCC2O1. The summed E-state index contributed by atoms with van der Waals surface area (Å²) in [7, 11) is -3.74. The molecule has 6 atom stereocenters. The van der Waals surface area contributed by atoms with Crippen molar-refractivity contribution in [3.8, 4) is 0 Å². The topological polar surface area (TPSA) is 84.9 Å². The Bertz CT molecular complexity index is 845. The molecular formula is C25H41F3N2O5S. The first-order chi connectivity index (χ1) is 17.1. The van der Waals surface area contributed by atoms with Crippen LogP contribution in [0, 0.1) is 5.92 Å². The van der Waals surface area contributed by atoms with E-state index in [2.05, 4.69) is 5.32 Å². The Labute approximate surface area is 212 Å². The molecule has 11 heteroatoms.